The SMILES string of the molecule is Cc1ccc2c(c1)C(O)C(N1CCN(C)CC1)CO2. The number of aliphatic hydroxyl groups excluding tert-OH is 1. The zero-order chi connectivity index (χ0) is 13.4. The van der Waals surface area contributed by atoms with Gasteiger partial charge in [-0.05, 0) is 26.1 Å². The van der Waals surface area contributed by atoms with E-state index in [0.717, 1.165) is 37.5 Å². The second-order valence-corrected chi connectivity index (χ2v) is 5.70. The number of hydrogen-bond donors (Lipinski definition) is 1. The van der Waals surface area contributed by atoms with Crippen LogP contribution in [-0.2, 0) is 0 Å². The van der Waals surface area contributed by atoms with Crippen LogP contribution in [0.25, 0.3) is 0 Å². The largest absolute Gasteiger partial charge is 0.491 e. The minimum absolute atomic E-state index is 0.0861. The average molecular weight is 262 g/mol. The van der Waals surface area contributed by atoms with Gasteiger partial charge in [0, 0.05) is 31.7 Å². The van der Waals surface area contributed by atoms with Gasteiger partial charge in [0.1, 0.15) is 18.5 Å². The number of benzene rings is 1. The van der Waals surface area contributed by atoms with E-state index < -0.39 is 6.10 Å². The molecule has 104 valence electrons. The van der Waals surface area contributed by atoms with Crippen LogP contribution >= 0.6 is 0 Å². The number of rotatable bonds is 1. The quantitative estimate of drug-likeness (QED) is 0.820. The fourth-order valence-electron chi connectivity index (χ4n) is 2.96. The van der Waals surface area contributed by atoms with Crippen molar-refractivity contribution in [1.82, 2.24) is 9.80 Å². The molecule has 2 heterocycles. The maximum atomic E-state index is 10.6. The predicted molar refractivity (Wildman–Crippen MR) is 74.5 cm³/mol. The Kier molecular flexibility index (Phi) is 3.48. The summed E-state index contributed by atoms with van der Waals surface area (Å²) in [5.74, 6) is 0.837. The first kappa shape index (κ1) is 12.9. The molecule has 19 heavy (non-hydrogen) atoms. The molecule has 0 bridgehead atoms. The summed E-state index contributed by atoms with van der Waals surface area (Å²) < 4.78 is 5.83. The molecular weight excluding hydrogens is 240 g/mol. The first-order chi connectivity index (χ1) is 9.15. The lowest BCUT2D eigenvalue weighted by Crippen LogP contribution is -2.53. The highest BCUT2D eigenvalue weighted by Crippen LogP contribution is 2.35. The summed E-state index contributed by atoms with van der Waals surface area (Å²) in [5, 5.41) is 10.6. The molecule has 3 rings (SSSR count). The number of fused-ring (bicyclic) bond motifs is 1. The summed E-state index contributed by atoms with van der Waals surface area (Å²) in [5.41, 5.74) is 2.11. The van der Waals surface area contributed by atoms with Crippen molar-refractivity contribution < 1.29 is 9.84 Å². The van der Waals surface area contributed by atoms with Crippen molar-refractivity contribution in [3.63, 3.8) is 0 Å². The van der Waals surface area contributed by atoms with Gasteiger partial charge in [-0.15, -0.1) is 0 Å². The molecule has 2 unspecified atom stereocenters. The molecule has 1 saturated heterocycles. The Morgan fingerprint density at radius 3 is 2.68 bits per heavy atom. The minimum atomic E-state index is -0.438. The zero-order valence-electron chi connectivity index (χ0n) is 11.7. The van der Waals surface area contributed by atoms with Crippen molar-refractivity contribution in [2.45, 2.75) is 19.1 Å². The van der Waals surface area contributed by atoms with E-state index >= 15 is 0 Å². The van der Waals surface area contributed by atoms with Gasteiger partial charge in [-0.3, -0.25) is 4.90 Å². The number of aryl methyl sites for hydroxylation is 1. The van der Waals surface area contributed by atoms with Crippen LogP contribution in [0.2, 0.25) is 0 Å². The van der Waals surface area contributed by atoms with Crippen molar-refractivity contribution >= 4 is 0 Å². The van der Waals surface area contributed by atoms with Crippen molar-refractivity contribution in [2.24, 2.45) is 0 Å². The molecule has 0 aliphatic carbocycles. The second-order valence-electron chi connectivity index (χ2n) is 5.70. The second kappa shape index (κ2) is 5.12. The summed E-state index contributed by atoms with van der Waals surface area (Å²) in [6.45, 7) is 6.76. The van der Waals surface area contributed by atoms with Crippen LogP contribution in [0.3, 0.4) is 0 Å². The smallest absolute Gasteiger partial charge is 0.125 e. The van der Waals surface area contributed by atoms with Crippen LogP contribution < -0.4 is 4.74 Å². The fraction of sp³-hybridized carbons (Fsp3) is 0.600. The molecular formula is C15H22N2O2. The maximum Gasteiger partial charge on any atom is 0.125 e. The van der Waals surface area contributed by atoms with E-state index in [0.29, 0.717) is 6.61 Å². The average Bonchev–Trinajstić information content (AvgIpc) is 2.41. The third-order valence-electron chi connectivity index (χ3n) is 4.26. The molecule has 0 radical (unpaired) electrons. The molecule has 4 nitrogen and oxygen atoms in total. The lowest BCUT2D eigenvalue weighted by molar-refractivity contribution is -0.0141. The van der Waals surface area contributed by atoms with Crippen LogP contribution in [0.15, 0.2) is 18.2 Å². The molecule has 0 spiro atoms. The molecule has 0 saturated carbocycles. The molecule has 2 aliphatic heterocycles. The molecule has 4 heteroatoms. The Bertz CT molecular complexity index is 455. The first-order valence-electron chi connectivity index (χ1n) is 6.99. The molecule has 1 N–H and O–H groups in total. The summed E-state index contributed by atoms with van der Waals surface area (Å²) in [6.07, 6.45) is -0.438. The lowest BCUT2D eigenvalue weighted by Gasteiger charge is -2.42. The molecule has 1 fully saturated rings. The van der Waals surface area contributed by atoms with Crippen LogP contribution in [0.5, 0.6) is 5.75 Å². The van der Waals surface area contributed by atoms with Gasteiger partial charge in [-0.1, -0.05) is 11.6 Å². The highest BCUT2D eigenvalue weighted by atomic mass is 16.5. The standard InChI is InChI=1S/C15H22N2O2/c1-11-3-4-14-12(9-11)15(18)13(10-19-14)17-7-5-16(2)6-8-17/h3-4,9,13,15,18H,5-8,10H2,1-2H3. The van der Waals surface area contributed by atoms with E-state index in [4.69, 9.17) is 4.74 Å². The number of likely N-dealkylation sites (N-methyl/N-ethyl adjacent to an activating group) is 1. The van der Waals surface area contributed by atoms with Crippen molar-refractivity contribution in [2.75, 3.05) is 39.8 Å². The molecule has 0 amide bonds. The molecule has 0 aromatic heterocycles. The van der Waals surface area contributed by atoms with E-state index in [9.17, 15) is 5.11 Å². The Morgan fingerprint density at radius 2 is 1.95 bits per heavy atom. The van der Waals surface area contributed by atoms with Gasteiger partial charge in [0.15, 0.2) is 0 Å². The van der Waals surface area contributed by atoms with Gasteiger partial charge in [0.05, 0.1) is 6.04 Å². The lowest BCUT2D eigenvalue weighted by atomic mass is 9.96. The van der Waals surface area contributed by atoms with Crippen molar-refractivity contribution in [1.29, 1.82) is 0 Å². The van der Waals surface area contributed by atoms with E-state index in [1.165, 1.54) is 5.56 Å². The van der Waals surface area contributed by atoms with Crippen molar-refractivity contribution in [3.8, 4) is 5.75 Å². The molecule has 1 aromatic rings. The summed E-state index contributed by atoms with van der Waals surface area (Å²) in [6, 6.07) is 6.13. The monoisotopic (exact) mass is 262 g/mol. The van der Waals surface area contributed by atoms with Gasteiger partial charge >= 0.3 is 0 Å². The van der Waals surface area contributed by atoms with Crippen LogP contribution in [0, 0.1) is 6.92 Å². The van der Waals surface area contributed by atoms with E-state index in [-0.39, 0.29) is 6.04 Å². The van der Waals surface area contributed by atoms with Gasteiger partial charge in [-0.2, -0.15) is 0 Å². The van der Waals surface area contributed by atoms with E-state index in [1.807, 2.05) is 25.1 Å². The van der Waals surface area contributed by atoms with E-state index in [1.54, 1.807) is 0 Å². The van der Waals surface area contributed by atoms with Gasteiger partial charge in [0.25, 0.3) is 0 Å². The minimum Gasteiger partial charge on any atom is -0.491 e. The molecule has 2 atom stereocenters. The number of piperazine rings is 1. The van der Waals surface area contributed by atoms with Crippen molar-refractivity contribution in [3.05, 3.63) is 29.3 Å². The van der Waals surface area contributed by atoms with Gasteiger partial charge in [0.2, 0.25) is 0 Å². The van der Waals surface area contributed by atoms with E-state index in [2.05, 4.69) is 16.8 Å². The molecule has 1 aromatic carbocycles. The number of ether oxygens (including phenoxy) is 1. The Balaban J connectivity index is 1.79. The van der Waals surface area contributed by atoms with Crippen LogP contribution in [0.4, 0.5) is 0 Å². The summed E-state index contributed by atoms with van der Waals surface area (Å²) >= 11 is 0. The topological polar surface area (TPSA) is 35.9 Å². The number of aliphatic hydroxyl groups is 1. The summed E-state index contributed by atoms with van der Waals surface area (Å²) in [7, 11) is 2.14. The Hall–Kier alpha value is -1.10. The highest BCUT2D eigenvalue weighted by molar-refractivity contribution is 5.40. The van der Waals surface area contributed by atoms with Gasteiger partial charge < -0.3 is 14.7 Å². The normalized spacial score (nSPS) is 28.8. The highest BCUT2D eigenvalue weighted by Gasteiger charge is 2.34. The third kappa shape index (κ3) is 2.48. The first-order valence-corrected chi connectivity index (χ1v) is 6.99. The Labute approximate surface area is 114 Å². The fourth-order valence-corrected chi connectivity index (χ4v) is 2.96. The van der Waals surface area contributed by atoms with Crippen LogP contribution in [0.1, 0.15) is 17.2 Å². The number of hydrogen-bond acceptors (Lipinski definition) is 4. The maximum absolute atomic E-state index is 10.6. The molecule has 2 aliphatic rings. The Morgan fingerprint density at radius 1 is 1.21 bits per heavy atom. The van der Waals surface area contributed by atoms with Gasteiger partial charge in [-0.25, -0.2) is 0 Å². The predicted octanol–water partition coefficient (Wildman–Crippen LogP) is 1.04. The van der Waals surface area contributed by atoms with Crippen LogP contribution in [-0.4, -0.2) is 60.8 Å². The zero-order valence-corrected chi connectivity index (χ0v) is 11.7. The number of nitrogens with zero attached hydrogens (tertiary/aromatic N) is 2. The summed E-state index contributed by atoms with van der Waals surface area (Å²) in [4.78, 5) is 4.68. The third-order valence-corrected chi connectivity index (χ3v) is 4.26.